The highest BCUT2D eigenvalue weighted by atomic mass is 16.5. The van der Waals surface area contributed by atoms with E-state index in [0.717, 1.165) is 29.0 Å². The van der Waals surface area contributed by atoms with Crippen LogP contribution in [0.25, 0.3) is 0 Å². The molecule has 0 spiro atoms. The van der Waals surface area contributed by atoms with E-state index >= 15 is 0 Å². The molecule has 1 aliphatic carbocycles. The molecule has 0 bridgehead atoms. The number of nitrogens with zero attached hydrogens (tertiary/aromatic N) is 1. The average Bonchev–Trinajstić information content (AvgIpc) is 3.00. The largest absolute Gasteiger partial charge is 0.286 e. The van der Waals surface area contributed by atoms with Gasteiger partial charge in [-0.1, -0.05) is 31.2 Å². The lowest BCUT2D eigenvalue weighted by Gasteiger charge is -2.19. The van der Waals surface area contributed by atoms with E-state index in [4.69, 9.17) is 0 Å². The number of amides is 1. The topological polar surface area (TPSA) is 40.5 Å². The van der Waals surface area contributed by atoms with Crippen LogP contribution in [0.4, 0.5) is 0 Å². The molecule has 3 nitrogen and oxygen atoms in total. The molecule has 0 saturated heterocycles. The van der Waals surface area contributed by atoms with Gasteiger partial charge in [0.2, 0.25) is 0 Å². The van der Waals surface area contributed by atoms with Crippen LogP contribution in [0.3, 0.4) is 0 Å². The zero-order chi connectivity index (χ0) is 11.8. The summed E-state index contributed by atoms with van der Waals surface area (Å²) in [6.45, 7) is 4.16. The highest BCUT2D eigenvalue weighted by Gasteiger charge is 2.47. The van der Waals surface area contributed by atoms with E-state index < -0.39 is 0 Å². The van der Waals surface area contributed by atoms with Gasteiger partial charge in [0.05, 0.1) is 6.54 Å². The van der Waals surface area contributed by atoms with E-state index in [0.29, 0.717) is 0 Å². The highest BCUT2D eigenvalue weighted by molar-refractivity contribution is 5.83. The molecule has 1 aromatic carbocycles. The Balaban J connectivity index is 2.05. The molecular weight excluding hydrogens is 202 g/mol. The van der Waals surface area contributed by atoms with Crippen LogP contribution in [0.2, 0.25) is 0 Å². The Morgan fingerprint density at radius 2 is 2.06 bits per heavy atom. The predicted molar refractivity (Wildman–Crippen MR) is 60.9 cm³/mol. The van der Waals surface area contributed by atoms with Gasteiger partial charge in [-0.25, -0.2) is 5.06 Å². The van der Waals surface area contributed by atoms with Crippen molar-refractivity contribution in [2.45, 2.75) is 33.2 Å². The highest BCUT2D eigenvalue weighted by Crippen LogP contribution is 2.46. The van der Waals surface area contributed by atoms with Gasteiger partial charge in [-0.15, -0.1) is 0 Å². The smallest absolute Gasteiger partial charge is 0.252 e. The monoisotopic (exact) mass is 219 g/mol. The molecular formula is C13H17NO2. The van der Waals surface area contributed by atoms with Crippen molar-refractivity contribution in [1.82, 2.24) is 5.06 Å². The van der Waals surface area contributed by atoms with Crippen LogP contribution in [-0.2, 0) is 11.3 Å². The van der Waals surface area contributed by atoms with Crippen molar-refractivity contribution < 1.29 is 10.0 Å². The zero-order valence-electron chi connectivity index (χ0n) is 9.73. The number of hydroxylamine groups is 2. The molecule has 0 aliphatic heterocycles. The lowest BCUT2D eigenvalue weighted by molar-refractivity contribution is -0.173. The molecule has 86 valence electrons. The molecule has 0 heterocycles. The molecule has 1 aromatic rings. The summed E-state index contributed by atoms with van der Waals surface area (Å²) in [6.07, 6.45) is 1.77. The van der Waals surface area contributed by atoms with Gasteiger partial charge in [0.15, 0.2) is 0 Å². The van der Waals surface area contributed by atoms with Crippen molar-refractivity contribution in [3.8, 4) is 0 Å². The molecule has 0 atom stereocenters. The van der Waals surface area contributed by atoms with Crippen LogP contribution in [0.5, 0.6) is 0 Å². The maximum absolute atomic E-state index is 11.8. The third-order valence-electron chi connectivity index (χ3n) is 3.33. The number of aryl methyl sites for hydroxylation is 1. The second-order valence-electron chi connectivity index (χ2n) is 4.85. The van der Waals surface area contributed by atoms with Gasteiger partial charge in [-0.3, -0.25) is 10.0 Å². The van der Waals surface area contributed by atoms with Gasteiger partial charge in [0.25, 0.3) is 5.91 Å². The van der Waals surface area contributed by atoms with Crippen LogP contribution in [0, 0.1) is 12.3 Å². The molecule has 16 heavy (non-hydrogen) atoms. The number of carbonyl (C=O) groups excluding carboxylic acids is 1. The summed E-state index contributed by atoms with van der Waals surface area (Å²) < 4.78 is 0. The molecule has 3 heteroatoms. The number of carbonyl (C=O) groups is 1. The van der Waals surface area contributed by atoms with Gasteiger partial charge in [-0.2, -0.15) is 0 Å². The summed E-state index contributed by atoms with van der Waals surface area (Å²) in [7, 11) is 0. The molecule has 0 unspecified atom stereocenters. The summed E-state index contributed by atoms with van der Waals surface area (Å²) in [4.78, 5) is 11.8. The van der Waals surface area contributed by atoms with Crippen LogP contribution >= 0.6 is 0 Å². The average molecular weight is 219 g/mol. The molecule has 1 amide bonds. The Labute approximate surface area is 95.6 Å². The third kappa shape index (κ3) is 2.09. The first-order valence-corrected chi connectivity index (χ1v) is 5.58. The van der Waals surface area contributed by atoms with Gasteiger partial charge in [0, 0.05) is 5.41 Å². The standard InChI is InChI=1S/C13H17NO2/c1-10-5-3-4-6-11(10)9-14(16)12(15)13(2)7-8-13/h3-6,16H,7-9H2,1-2H3. The molecule has 1 N–H and O–H groups in total. The lowest BCUT2D eigenvalue weighted by Crippen LogP contribution is -2.32. The lowest BCUT2D eigenvalue weighted by atomic mass is 10.1. The van der Waals surface area contributed by atoms with Gasteiger partial charge < -0.3 is 0 Å². The Hall–Kier alpha value is -1.35. The SMILES string of the molecule is Cc1ccccc1CN(O)C(=O)C1(C)CC1. The fraction of sp³-hybridized carbons (Fsp3) is 0.462. The van der Waals surface area contributed by atoms with E-state index in [9.17, 15) is 10.0 Å². The van der Waals surface area contributed by atoms with E-state index in [1.54, 1.807) is 0 Å². The fourth-order valence-electron chi connectivity index (χ4n) is 1.73. The summed E-state index contributed by atoms with van der Waals surface area (Å²) in [5.41, 5.74) is 1.77. The van der Waals surface area contributed by atoms with Gasteiger partial charge in [0.1, 0.15) is 0 Å². The Morgan fingerprint density at radius 1 is 1.44 bits per heavy atom. The summed E-state index contributed by atoms with van der Waals surface area (Å²) in [6, 6.07) is 7.78. The first-order chi connectivity index (χ1) is 7.53. The quantitative estimate of drug-likeness (QED) is 0.627. The molecule has 1 aliphatic rings. The van der Waals surface area contributed by atoms with E-state index in [1.165, 1.54) is 0 Å². The van der Waals surface area contributed by atoms with Crippen molar-refractivity contribution in [1.29, 1.82) is 0 Å². The minimum atomic E-state index is -0.308. The van der Waals surface area contributed by atoms with E-state index in [2.05, 4.69) is 0 Å². The van der Waals surface area contributed by atoms with E-state index in [-0.39, 0.29) is 17.9 Å². The van der Waals surface area contributed by atoms with Gasteiger partial charge >= 0.3 is 0 Å². The van der Waals surface area contributed by atoms with Crippen molar-refractivity contribution >= 4 is 5.91 Å². The third-order valence-corrected chi connectivity index (χ3v) is 3.33. The van der Waals surface area contributed by atoms with Crippen LogP contribution < -0.4 is 0 Å². The zero-order valence-corrected chi connectivity index (χ0v) is 9.73. The first kappa shape index (κ1) is 11.1. The van der Waals surface area contributed by atoms with Crippen molar-refractivity contribution in [3.05, 3.63) is 35.4 Å². The van der Waals surface area contributed by atoms with Gasteiger partial charge in [-0.05, 0) is 30.9 Å². The molecule has 1 saturated carbocycles. The molecule has 1 fully saturated rings. The normalized spacial score (nSPS) is 16.9. The second-order valence-corrected chi connectivity index (χ2v) is 4.85. The minimum Gasteiger partial charge on any atom is -0.286 e. The predicted octanol–water partition coefficient (Wildman–Crippen LogP) is 2.51. The van der Waals surface area contributed by atoms with Crippen LogP contribution in [-0.4, -0.2) is 16.2 Å². The maximum Gasteiger partial charge on any atom is 0.252 e. The summed E-state index contributed by atoms with van der Waals surface area (Å²) in [5, 5.41) is 10.6. The summed E-state index contributed by atoms with van der Waals surface area (Å²) >= 11 is 0. The molecule has 2 rings (SSSR count). The van der Waals surface area contributed by atoms with Crippen molar-refractivity contribution in [2.24, 2.45) is 5.41 Å². The minimum absolute atomic E-state index is 0.157. The van der Waals surface area contributed by atoms with Crippen LogP contribution in [0.15, 0.2) is 24.3 Å². The Bertz CT molecular complexity index is 410. The van der Waals surface area contributed by atoms with Crippen molar-refractivity contribution in [2.75, 3.05) is 0 Å². The first-order valence-electron chi connectivity index (χ1n) is 5.58. The summed E-state index contributed by atoms with van der Waals surface area (Å²) in [5.74, 6) is -0.157. The maximum atomic E-state index is 11.8. The molecule has 0 aromatic heterocycles. The number of rotatable bonds is 3. The molecule has 0 radical (unpaired) electrons. The van der Waals surface area contributed by atoms with E-state index in [1.807, 2.05) is 38.1 Å². The fourth-order valence-corrected chi connectivity index (χ4v) is 1.73. The Kier molecular flexibility index (Phi) is 2.72. The van der Waals surface area contributed by atoms with Crippen LogP contribution in [0.1, 0.15) is 30.9 Å². The number of benzene rings is 1. The number of hydrogen-bond donors (Lipinski definition) is 1. The Morgan fingerprint density at radius 3 is 2.62 bits per heavy atom. The number of hydrogen-bond acceptors (Lipinski definition) is 2. The van der Waals surface area contributed by atoms with Crippen molar-refractivity contribution in [3.63, 3.8) is 0 Å². The second kappa shape index (κ2) is 3.91.